The van der Waals surface area contributed by atoms with Crippen LogP contribution in [-0.4, -0.2) is 0 Å². The predicted octanol–water partition coefficient (Wildman–Crippen LogP) is 5.47. The highest BCUT2D eigenvalue weighted by Crippen LogP contribution is 2.29. The molecule has 0 amide bonds. The number of hydrogen-bond acceptors (Lipinski definition) is 1. The lowest BCUT2D eigenvalue weighted by Crippen LogP contribution is -2.08. The van der Waals surface area contributed by atoms with Crippen LogP contribution in [0.5, 0.6) is 0 Å². The van der Waals surface area contributed by atoms with Crippen LogP contribution in [0.15, 0.2) is 42.5 Å². The standard InChI is InChI=1S/C15H15Cl2N/c1-10-5-3-8-14(17)15(10)18-11(2)12-6-4-7-13(16)9-12/h3-9,11,18H,1-2H3. The number of benzene rings is 2. The maximum atomic E-state index is 6.20. The van der Waals surface area contributed by atoms with Gasteiger partial charge in [0.2, 0.25) is 0 Å². The molecule has 1 atom stereocenters. The van der Waals surface area contributed by atoms with Crippen molar-refractivity contribution in [1.82, 2.24) is 0 Å². The fraction of sp³-hybridized carbons (Fsp3) is 0.200. The first-order valence-electron chi connectivity index (χ1n) is 5.85. The van der Waals surface area contributed by atoms with E-state index in [1.165, 1.54) is 0 Å². The van der Waals surface area contributed by atoms with Gasteiger partial charge in [-0.3, -0.25) is 0 Å². The Balaban J connectivity index is 2.24. The van der Waals surface area contributed by atoms with E-state index in [0.717, 1.165) is 26.9 Å². The summed E-state index contributed by atoms with van der Waals surface area (Å²) in [5.74, 6) is 0. The molecular formula is C15H15Cl2N. The van der Waals surface area contributed by atoms with Gasteiger partial charge in [0.1, 0.15) is 0 Å². The van der Waals surface area contributed by atoms with E-state index >= 15 is 0 Å². The second-order valence-electron chi connectivity index (χ2n) is 4.35. The zero-order chi connectivity index (χ0) is 13.1. The fourth-order valence-electron chi connectivity index (χ4n) is 1.89. The van der Waals surface area contributed by atoms with Crippen molar-refractivity contribution in [3.05, 3.63) is 63.6 Å². The van der Waals surface area contributed by atoms with Gasteiger partial charge in [0.25, 0.3) is 0 Å². The Bertz CT molecular complexity index is 532. The molecular weight excluding hydrogens is 265 g/mol. The number of hydrogen-bond donors (Lipinski definition) is 1. The second kappa shape index (κ2) is 5.64. The van der Waals surface area contributed by atoms with E-state index in [0.29, 0.717) is 0 Å². The highest BCUT2D eigenvalue weighted by molar-refractivity contribution is 6.33. The van der Waals surface area contributed by atoms with Gasteiger partial charge in [0, 0.05) is 11.1 Å². The normalized spacial score (nSPS) is 12.2. The van der Waals surface area contributed by atoms with E-state index in [1.54, 1.807) is 0 Å². The third-order valence-corrected chi connectivity index (χ3v) is 3.48. The smallest absolute Gasteiger partial charge is 0.0640 e. The van der Waals surface area contributed by atoms with Crippen molar-refractivity contribution >= 4 is 28.9 Å². The van der Waals surface area contributed by atoms with Gasteiger partial charge in [0.05, 0.1) is 10.7 Å². The molecule has 2 rings (SSSR count). The summed E-state index contributed by atoms with van der Waals surface area (Å²) in [6.07, 6.45) is 0. The van der Waals surface area contributed by atoms with Gasteiger partial charge in [-0.15, -0.1) is 0 Å². The number of aryl methyl sites for hydroxylation is 1. The predicted molar refractivity (Wildman–Crippen MR) is 79.7 cm³/mol. The Morgan fingerprint density at radius 2 is 1.78 bits per heavy atom. The first-order chi connectivity index (χ1) is 8.58. The minimum atomic E-state index is 0.155. The Labute approximate surface area is 118 Å². The van der Waals surface area contributed by atoms with Crippen LogP contribution in [0.4, 0.5) is 5.69 Å². The molecule has 3 heteroatoms. The summed E-state index contributed by atoms with van der Waals surface area (Å²) in [5, 5.41) is 4.92. The molecule has 0 saturated carbocycles. The second-order valence-corrected chi connectivity index (χ2v) is 5.20. The summed E-state index contributed by atoms with van der Waals surface area (Å²) in [7, 11) is 0. The maximum absolute atomic E-state index is 6.20. The van der Waals surface area contributed by atoms with E-state index in [9.17, 15) is 0 Å². The van der Waals surface area contributed by atoms with Gasteiger partial charge in [-0.05, 0) is 43.2 Å². The average molecular weight is 280 g/mol. The minimum Gasteiger partial charge on any atom is -0.377 e. The quantitative estimate of drug-likeness (QED) is 0.785. The van der Waals surface area contributed by atoms with Crippen molar-refractivity contribution in [2.75, 3.05) is 5.32 Å². The van der Waals surface area contributed by atoms with E-state index in [1.807, 2.05) is 43.3 Å². The van der Waals surface area contributed by atoms with Gasteiger partial charge in [0.15, 0.2) is 0 Å². The molecule has 0 aliphatic carbocycles. The van der Waals surface area contributed by atoms with Gasteiger partial charge in [-0.25, -0.2) is 0 Å². The molecule has 94 valence electrons. The van der Waals surface area contributed by atoms with Crippen molar-refractivity contribution in [1.29, 1.82) is 0 Å². The summed E-state index contributed by atoms with van der Waals surface area (Å²) in [6.45, 7) is 4.13. The van der Waals surface area contributed by atoms with Crippen LogP contribution in [0.25, 0.3) is 0 Å². The lowest BCUT2D eigenvalue weighted by molar-refractivity contribution is 0.883. The van der Waals surface area contributed by atoms with Crippen molar-refractivity contribution in [3.63, 3.8) is 0 Å². The van der Waals surface area contributed by atoms with Crippen molar-refractivity contribution in [2.24, 2.45) is 0 Å². The van der Waals surface area contributed by atoms with E-state index in [4.69, 9.17) is 23.2 Å². The molecule has 0 heterocycles. The third kappa shape index (κ3) is 2.98. The Hall–Kier alpha value is -1.18. The summed E-state index contributed by atoms with van der Waals surface area (Å²) in [5.41, 5.74) is 3.25. The SMILES string of the molecule is Cc1cccc(Cl)c1NC(C)c1cccc(Cl)c1. The molecule has 2 aromatic rings. The Kier molecular flexibility index (Phi) is 4.15. The average Bonchev–Trinajstić information content (AvgIpc) is 2.34. The number of halogens is 2. The van der Waals surface area contributed by atoms with Crippen molar-refractivity contribution in [2.45, 2.75) is 19.9 Å². The Morgan fingerprint density at radius 1 is 1.06 bits per heavy atom. The monoisotopic (exact) mass is 279 g/mol. The Morgan fingerprint density at radius 3 is 2.44 bits per heavy atom. The largest absolute Gasteiger partial charge is 0.377 e. The molecule has 0 saturated heterocycles. The van der Waals surface area contributed by atoms with Gasteiger partial charge in [-0.2, -0.15) is 0 Å². The van der Waals surface area contributed by atoms with Crippen LogP contribution in [0.3, 0.4) is 0 Å². The van der Waals surface area contributed by atoms with Crippen LogP contribution in [0.2, 0.25) is 10.0 Å². The molecule has 1 unspecified atom stereocenters. The maximum Gasteiger partial charge on any atom is 0.0640 e. The third-order valence-electron chi connectivity index (χ3n) is 2.93. The summed E-state index contributed by atoms with van der Waals surface area (Å²) in [6, 6.07) is 13.9. The van der Waals surface area contributed by atoms with Crippen molar-refractivity contribution < 1.29 is 0 Å². The van der Waals surface area contributed by atoms with Crippen LogP contribution < -0.4 is 5.32 Å². The zero-order valence-electron chi connectivity index (χ0n) is 10.4. The number of anilines is 1. The van der Waals surface area contributed by atoms with Gasteiger partial charge >= 0.3 is 0 Å². The molecule has 0 aliphatic heterocycles. The fourth-order valence-corrected chi connectivity index (χ4v) is 2.37. The molecule has 1 nitrogen and oxygen atoms in total. The zero-order valence-corrected chi connectivity index (χ0v) is 11.9. The van der Waals surface area contributed by atoms with E-state index < -0.39 is 0 Å². The van der Waals surface area contributed by atoms with Crippen molar-refractivity contribution in [3.8, 4) is 0 Å². The summed E-state index contributed by atoms with van der Waals surface area (Å²) >= 11 is 12.2. The van der Waals surface area contributed by atoms with Gasteiger partial charge in [-0.1, -0.05) is 47.5 Å². The molecule has 0 radical (unpaired) electrons. The molecule has 0 fully saturated rings. The first kappa shape index (κ1) is 13.3. The van der Waals surface area contributed by atoms with E-state index in [-0.39, 0.29) is 6.04 Å². The highest BCUT2D eigenvalue weighted by Gasteiger charge is 2.09. The molecule has 0 aliphatic rings. The lowest BCUT2D eigenvalue weighted by Gasteiger charge is -2.18. The minimum absolute atomic E-state index is 0.155. The molecule has 0 bridgehead atoms. The van der Waals surface area contributed by atoms with Crippen LogP contribution >= 0.6 is 23.2 Å². The topological polar surface area (TPSA) is 12.0 Å². The van der Waals surface area contributed by atoms with Crippen LogP contribution in [0, 0.1) is 6.92 Å². The number of nitrogens with one attached hydrogen (secondary N) is 1. The number of para-hydroxylation sites is 1. The van der Waals surface area contributed by atoms with E-state index in [2.05, 4.69) is 18.3 Å². The summed E-state index contributed by atoms with van der Waals surface area (Å²) in [4.78, 5) is 0. The number of rotatable bonds is 3. The molecule has 18 heavy (non-hydrogen) atoms. The van der Waals surface area contributed by atoms with Crippen LogP contribution in [0.1, 0.15) is 24.1 Å². The molecule has 0 spiro atoms. The van der Waals surface area contributed by atoms with Gasteiger partial charge < -0.3 is 5.32 Å². The summed E-state index contributed by atoms with van der Waals surface area (Å²) < 4.78 is 0. The van der Waals surface area contributed by atoms with Crippen LogP contribution in [-0.2, 0) is 0 Å². The lowest BCUT2D eigenvalue weighted by atomic mass is 10.1. The first-order valence-corrected chi connectivity index (χ1v) is 6.60. The molecule has 0 aromatic heterocycles. The molecule has 2 aromatic carbocycles. The highest BCUT2D eigenvalue weighted by atomic mass is 35.5. The molecule has 1 N–H and O–H groups in total.